The summed E-state index contributed by atoms with van der Waals surface area (Å²) < 4.78 is 19.3. The third-order valence-corrected chi connectivity index (χ3v) is 3.76. The van der Waals surface area contributed by atoms with Crippen LogP contribution in [0.3, 0.4) is 0 Å². The van der Waals surface area contributed by atoms with Crippen LogP contribution < -0.4 is 10.1 Å². The van der Waals surface area contributed by atoms with Gasteiger partial charge in [-0.3, -0.25) is 14.4 Å². The number of rotatable bonds is 9. The van der Waals surface area contributed by atoms with E-state index in [9.17, 15) is 18.8 Å². The molecule has 27 heavy (non-hydrogen) atoms. The van der Waals surface area contributed by atoms with Crippen LogP contribution in [0.25, 0.3) is 0 Å². The van der Waals surface area contributed by atoms with Crippen molar-refractivity contribution < 1.29 is 28.6 Å². The van der Waals surface area contributed by atoms with Crippen molar-refractivity contribution >= 4 is 23.3 Å². The van der Waals surface area contributed by atoms with Crippen molar-refractivity contribution in [2.24, 2.45) is 0 Å². The number of carbonyl (C=O) groups excluding carboxylic acids is 2. The molecular formula is C20H20FNO5. The first-order valence-corrected chi connectivity index (χ1v) is 8.39. The molecule has 0 aromatic heterocycles. The smallest absolute Gasteiger partial charge is 0.307 e. The van der Waals surface area contributed by atoms with Gasteiger partial charge < -0.3 is 15.2 Å². The molecule has 2 aromatic rings. The zero-order chi connectivity index (χ0) is 19.8. The number of hydrogen-bond donors (Lipinski definition) is 2. The van der Waals surface area contributed by atoms with Crippen molar-refractivity contribution in [3.05, 3.63) is 59.4 Å². The second-order valence-corrected chi connectivity index (χ2v) is 5.96. The number of carboxylic acids is 1. The van der Waals surface area contributed by atoms with Crippen LogP contribution in [0.5, 0.6) is 5.75 Å². The highest BCUT2D eigenvalue weighted by molar-refractivity contribution is 5.94. The second-order valence-electron chi connectivity index (χ2n) is 5.96. The largest absolute Gasteiger partial charge is 0.494 e. The number of hydrogen-bond acceptors (Lipinski definition) is 4. The lowest BCUT2D eigenvalue weighted by Crippen LogP contribution is -2.13. The van der Waals surface area contributed by atoms with E-state index >= 15 is 0 Å². The average Bonchev–Trinajstić information content (AvgIpc) is 2.61. The molecule has 7 heteroatoms. The van der Waals surface area contributed by atoms with E-state index < -0.39 is 18.2 Å². The SMILES string of the molecule is CC(=O)c1ccc(OCCCC(=O)Nc2ccc(CC(=O)O)c(F)c2)cc1. The summed E-state index contributed by atoms with van der Waals surface area (Å²) in [5, 5.41) is 11.2. The van der Waals surface area contributed by atoms with E-state index in [1.165, 1.54) is 19.1 Å². The Labute approximate surface area is 156 Å². The number of Topliss-reactive ketones (excluding diaryl/α,β-unsaturated/α-hetero) is 1. The maximum Gasteiger partial charge on any atom is 0.307 e. The van der Waals surface area contributed by atoms with Crippen molar-refractivity contribution in [3.63, 3.8) is 0 Å². The summed E-state index contributed by atoms with van der Waals surface area (Å²) in [6.07, 6.45) is 0.231. The van der Waals surface area contributed by atoms with Crippen LogP contribution in [0, 0.1) is 5.82 Å². The zero-order valence-corrected chi connectivity index (χ0v) is 14.8. The van der Waals surface area contributed by atoms with Gasteiger partial charge in [0.1, 0.15) is 11.6 Å². The average molecular weight is 373 g/mol. The summed E-state index contributed by atoms with van der Waals surface area (Å²) in [7, 11) is 0. The molecule has 1 amide bonds. The lowest BCUT2D eigenvalue weighted by Gasteiger charge is -2.08. The maximum absolute atomic E-state index is 13.8. The molecule has 2 rings (SSSR count). The summed E-state index contributed by atoms with van der Waals surface area (Å²) in [5.41, 5.74) is 0.931. The highest BCUT2D eigenvalue weighted by atomic mass is 19.1. The molecule has 0 fully saturated rings. The first-order chi connectivity index (χ1) is 12.8. The van der Waals surface area contributed by atoms with Crippen molar-refractivity contribution in [2.45, 2.75) is 26.2 Å². The van der Waals surface area contributed by atoms with Gasteiger partial charge in [-0.25, -0.2) is 4.39 Å². The summed E-state index contributed by atoms with van der Waals surface area (Å²) in [6, 6.07) is 10.6. The van der Waals surface area contributed by atoms with Gasteiger partial charge in [0.15, 0.2) is 5.78 Å². The quantitative estimate of drug-likeness (QED) is 0.519. The molecule has 0 spiro atoms. The van der Waals surface area contributed by atoms with Crippen LogP contribution >= 0.6 is 0 Å². The van der Waals surface area contributed by atoms with E-state index in [0.29, 0.717) is 24.3 Å². The fourth-order valence-corrected chi connectivity index (χ4v) is 2.36. The van der Waals surface area contributed by atoms with E-state index in [-0.39, 0.29) is 29.4 Å². The van der Waals surface area contributed by atoms with Crippen LogP contribution in [0.15, 0.2) is 42.5 Å². The Morgan fingerprint density at radius 3 is 2.41 bits per heavy atom. The Hall–Kier alpha value is -3.22. The molecule has 0 unspecified atom stereocenters. The van der Waals surface area contributed by atoms with E-state index in [1.54, 1.807) is 24.3 Å². The number of ether oxygens (including phenoxy) is 1. The Morgan fingerprint density at radius 2 is 1.81 bits per heavy atom. The van der Waals surface area contributed by atoms with Gasteiger partial charge in [-0.15, -0.1) is 0 Å². The van der Waals surface area contributed by atoms with Gasteiger partial charge in [0.2, 0.25) is 5.91 Å². The van der Waals surface area contributed by atoms with E-state index in [4.69, 9.17) is 9.84 Å². The number of aliphatic carboxylic acids is 1. The summed E-state index contributed by atoms with van der Waals surface area (Å²) in [5.74, 6) is -1.51. The van der Waals surface area contributed by atoms with Gasteiger partial charge >= 0.3 is 5.97 Å². The minimum atomic E-state index is -1.12. The molecule has 6 nitrogen and oxygen atoms in total. The normalized spacial score (nSPS) is 10.3. The standard InChI is InChI=1S/C20H20FNO5/c1-13(23)14-5-8-17(9-6-14)27-10-2-3-19(24)22-16-7-4-15(11-20(25)26)18(21)12-16/h4-9,12H,2-3,10-11H2,1H3,(H,22,24)(H,25,26). The van der Waals surface area contributed by atoms with Crippen molar-refractivity contribution in [1.29, 1.82) is 0 Å². The van der Waals surface area contributed by atoms with Crippen LogP contribution in [-0.2, 0) is 16.0 Å². The number of carbonyl (C=O) groups is 3. The van der Waals surface area contributed by atoms with Gasteiger partial charge in [-0.05, 0) is 55.3 Å². The predicted octanol–water partition coefficient (Wildman–Crippen LogP) is 3.45. The lowest BCUT2D eigenvalue weighted by atomic mass is 10.1. The summed E-state index contributed by atoms with van der Waals surface area (Å²) in [4.78, 5) is 33.7. The number of ketones is 1. The van der Waals surface area contributed by atoms with Crippen LogP contribution in [-0.4, -0.2) is 29.4 Å². The number of halogens is 1. The molecule has 2 aromatic carbocycles. The monoisotopic (exact) mass is 373 g/mol. The number of carboxylic acid groups (broad SMARTS) is 1. The molecule has 0 saturated heterocycles. The fraction of sp³-hybridized carbons (Fsp3) is 0.250. The van der Waals surface area contributed by atoms with Crippen molar-refractivity contribution in [3.8, 4) is 5.75 Å². The summed E-state index contributed by atoms with van der Waals surface area (Å²) in [6.45, 7) is 1.80. The van der Waals surface area contributed by atoms with Crippen molar-refractivity contribution in [2.75, 3.05) is 11.9 Å². The molecule has 0 bridgehead atoms. The zero-order valence-electron chi connectivity index (χ0n) is 14.8. The number of anilines is 1. The molecule has 0 aliphatic heterocycles. The third-order valence-electron chi connectivity index (χ3n) is 3.76. The van der Waals surface area contributed by atoms with E-state index in [2.05, 4.69) is 5.32 Å². The molecule has 0 radical (unpaired) electrons. The highest BCUT2D eigenvalue weighted by Crippen LogP contribution is 2.16. The van der Waals surface area contributed by atoms with Crippen LogP contribution in [0.2, 0.25) is 0 Å². The Bertz CT molecular complexity index is 833. The molecule has 142 valence electrons. The van der Waals surface area contributed by atoms with Gasteiger partial charge in [0.25, 0.3) is 0 Å². The highest BCUT2D eigenvalue weighted by Gasteiger charge is 2.09. The third kappa shape index (κ3) is 6.54. The first kappa shape index (κ1) is 20.1. The molecule has 0 aliphatic carbocycles. The minimum absolute atomic E-state index is 0.0225. The number of amides is 1. The van der Waals surface area contributed by atoms with Gasteiger partial charge in [-0.2, -0.15) is 0 Å². The molecule has 0 atom stereocenters. The van der Waals surface area contributed by atoms with E-state index in [0.717, 1.165) is 6.07 Å². The molecular weight excluding hydrogens is 353 g/mol. The Morgan fingerprint density at radius 1 is 1.11 bits per heavy atom. The maximum atomic E-state index is 13.8. The molecule has 2 N–H and O–H groups in total. The number of benzene rings is 2. The lowest BCUT2D eigenvalue weighted by molar-refractivity contribution is -0.136. The molecule has 0 saturated carbocycles. The molecule has 0 aliphatic rings. The predicted molar refractivity (Wildman–Crippen MR) is 97.5 cm³/mol. The van der Waals surface area contributed by atoms with Crippen molar-refractivity contribution in [1.82, 2.24) is 0 Å². The van der Waals surface area contributed by atoms with Crippen LogP contribution in [0.1, 0.15) is 35.7 Å². The van der Waals surface area contributed by atoms with Crippen LogP contribution in [0.4, 0.5) is 10.1 Å². The molecule has 0 heterocycles. The second kappa shape index (κ2) is 9.47. The topological polar surface area (TPSA) is 92.7 Å². The van der Waals surface area contributed by atoms with Gasteiger partial charge in [0, 0.05) is 17.7 Å². The first-order valence-electron chi connectivity index (χ1n) is 8.39. The Kier molecular flexibility index (Phi) is 7.05. The van der Waals surface area contributed by atoms with Gasteiger partial charge in [-0.1, -0.05) is 6.07 Å². The number of nitrogens with one attached hydrogen (secondary N) is 1. The van der Waals surface area contributed by atoms with E-state index in [1.807, 2.05) is 0 Å². The fourth-order valence-electron chi connectivity index (χ4n) is 2.36. The van der Waals surface area contributed by atoms with Gasteiger partial charge in [0.05, 0.1) is 13.0 Å². The summed E-state index contributed by atoms with van der Waals surface area (Å²) >= 11 is 0. The Balaban J connectivity index is 1.75. The minimum Gasteiger partial charge on any atom is -0.494 e.